The highest BCUT2D eigenvalue weighted by atomic mass is 19.1. The fourth-order valence-electron chi connectivity index (χ4n) is 2.58. The summed E-state index contributed by atoms with van der Waals surface area (Å²) in [6, 6.07) is 5.00. The summed E-state index contributed by atoms with van der Waals surface area (Å²) in [4.78, 5) is 2.10. The molecule has 0 amide bonds. The normalized spacial score (nSPS) is 25.3. The molecule has 3 nitrogen and oxygen atoms in total. The van der Waals surface area contributed by atoms with E-state index in [1.165, 1.54) is 6.07 Å². The third-order valence-corrected chi connectivity index (χ3v) is 3.49. The first-order valence-electron chi connectivity index (χ1n) is 6.42. The number of β-amino-alcohol motifs (C(OH)–C–C–N with tert-alkyl or cyclic N) is 1. The molecule has 1 heterocycles. The zero-order chi connectivity index (χ0) is 13.2. The van der Waals surface area contributed by atoms with Crippen LogP contribution in [0.5, 0.6) is 0 Å². The number of nitrogens with zero attached hydrogens (tertiary/aromatic N) is 1. The van der Waals surface area contributed by atoms with Gasteiger partial charge in [0.15, 0.2) is 0 Å². The molecule has 1 aliphatic rings. The first-order chi connectivity index (χ1) is 8.50. The molecule has 1 aromatic carbocycles. The van der Waals surface area contributed by atoms with Crippen LogP contribution in [0.1, 0.15) is 30.9 Å². The quantitative estimate of drug-likeness (QED) is 0.859. The number of piperidine rings is 1. The molecule has 0 bridgehead atoms. The average Bonchev–Trinajstić information content (AvgIpc) is 2.31. The number of benzene rings is 1. The number of likely N-dealkylation sites (tertiary alicyclic amines) is 1. The van der Waals surface area contributed by atoms with Gasteiger partial charge < -0.3 is 10.8 Å². The van der Waals surface area contributed by atoms with E-state index in [4.69, 9.17) is 5.73 Å². The molecule has 0 radical (unpaired) electrons. The standard InChI is InChI=1S/C14H21FN2O/c1-14(18)5-2-6-17(10-14)9-12-7-11(8-16)3-4-13(12)15/h3-4,7,18H,2,5-6,8-10,16H2,1H3. The summed E-state index contributed by atoms with van der Waals surface area (Å²) >= 11 is 0. The monoisotopic (exact) mass is 252 g/mol. The molecule has 100 valence electrons. The van der Waals surface area contributed by atoms with Crippen molar-refractivity contribution in [2.24, 2.45) is 5.73 Å². The third kappa shape index (κ3) is 3.28. The Labute approximate surface area is 107 Å². The van der Waals surface area contributed by atoms with Gasteiger partial charge in [0.2, 0.25) is 0 Å². The Kier molecular flexibility index (Phi) is 4.00. The lowest BCUT2D eigenvalue weighted by Gasteiger charge is -2.36. The summed E-state index contributed by atoms with van der Waals surface area (Å²) in [5.41, 5.74) is 6.52. The van der Waals surface area contributed by atoms with Crippen molar-refractivity contribution in [2.45, 2.75) is 38.5 Å². The van der Waals surface area contributed by atoms with E-state index in [2.05, 4.69) is 4.90 Å². The van der Waals surface area contributed by atoms with Crippen LogP contribution >= 0.6 is 0 Å². The van der Waals surface area contributed by atoms with E-state index in [9.17, 15) is 9.50 Å². The molecule has 4 heteroatoms. The molecular weight excluding hydrogens is 231 g/mol. The Morgan fingerprint density at radius 2 is 2.28 bits per heavy atom. The zero-order valence-corrected chi connectivity index (χ0v) is 10.8. The molecule has 18 heavy (non-hydrogen) atoms. The van der Waals surface area contributed by atoms with Crippen LogP contribution in [-0.2, 0) is 13.1 Å². The summed E-state index contributed by atoms with van der Waals surface area (Å²) in [6.45, 7) is 4.30. The van der Waals surface area contributed by atoms with Crippen LogP contribution in [0.2, 0.25) is 0 Å². The van der Waals surface area contributed by atoms with Crippen LogP contribution in [0.3, 0.4) is 0 Å². The number of halogens is 1. The minimum atomic E-state index is -0.653. The number of rotatable bonds is 3. The van der Waals surface area contributed by atoms with Gasteiger partial charge in [-0.3, -0.25) is 4.90 Å². The topological polar surface area (TPSA) is 49.5 Å². The van der Waals surface area contributed by atoms with Gasteiger partial charge in [-0.2, -0.15) is 0 Å². The fraction of sp³-hybridized carbons (Fsp3) is 0.571. The van der Waals surface area contributed by atoms with Gasteiger partial charge in [0.05, 0.1) is 5.60 Å². The van der Waals surface area contributed by atoms with Crippen LogP contribution < -0.4 is 5.73 Å². The molecule has 2 rings (SSSR count). The van der Waals surface area contributed by atoms with Crippen LogP contribution in [0, 0.1) is 5.82 Å². The maximum atomic E-state index is 13.7. The molecule has 0 spiro atoms. The van der Waals surface area contributed by atoms with E-state index < -0.39 is 5.60 Å². The van der Waals surface area contributed by atoms with Crippen molar-refractivity contribution in [3.8, 4) is 0 Å². The molecule has 0 aromatic heterocycles. The highest BCUT2D eigenvalue weighted by Crippen LogP contribution is 2.22. The van der Waals surface area contributed by atoms with Crippen molar-refractivity contribution in [1.82, 2.24) is 4.90 Å². The lowest BCUT2D eigenvalue weighted by atomic mass is 9.94. The summed E-state index contributed by atoms with van der Waals surface area (Å²) in [5, 5.41) is 10.0. The molecule has 1 saturated heterocycles. The molecule has 0 aliphatic carbocycles. The van der Waals surface area contributed by atoms with Crippen molar-refractivity contribution in [1.29, 1.82) is 0 Å². The second kappa shape index (κ2) is 5.34. The third-order valence-electron chi connectivity index (χ3n) is 3.49. The molecular formula is C14H21FN2O. The maximum Gasteiger partial charge on any atom is 0.127 e. The predicted molar refractivity (Wildman–Crippen MR) is 69.4 cm³/mol. The van der Waals surface area contributed by atoms with Gasteiger partial charge >= 0.3 is 0 Å². The van der Waals surface area contributed by atoms with Crippen molar-refractivity contribution in [2.75, 3.05) is 13.1 Å². The van der Waals surface area contributed by atoms with Gasteiger partial charge in [-0.05, 0) is 37.9 Å². The molecule has 1 aliphatic heterocycles. The highest BCUT2D eigenvalue weighted by Gasteiger charge is 2.28. The Morgan fingerprint density at radius 3 is 2.94 bits per heavy atom. The highest BCUT2D eigenvalue weighted by molar-refractivity contribution is 5.25. The Bertz CT molecular complexity index is 420. The summed E-state index contributed by atoms with van der Waals surface area (Å²) in [7, 11) is 0. The van der Waals surface area contributed by atoms with Gasteiger partial charge in [0.1, 0.15) is 5.82 Å². The number of hydrogen-bond donors (Lipinski definition) is 2. The van der Waals surface area contributed by atoms with Gasteiger partial charge in [-0.1, -0.05) is 12.1 Å². The van der Waals surface area contributed by atoms with Crippen molar-refractivity contribution < 1.29 is 9.50 Å². The number of nitrogens with two attached hydrogens (primary N) is 1. The second-order valence-electron chi connectivity index (χ2n) is 5.44. The van der Waals surface area contributed by atoms with Crippen molar-refractivity contribution in [3.05, 3.63) is 35.1 Å². The lowest BCUT2D eigenvalue weighted by Crippen LogP contribution is -2.45. The van der Waals surface area contributed by atoms with E-state index in [-0.39, 0.29) is 5.82 Å². The maximum absolute atomic E-state index is 13.7. The minimum absolute atomic E-state index is 0.197. The number of hydrogen-bond acceptors (Lipinski definition) is 3. The first-order valence-corrected chi connectivity index (χ1v) is 6.42. The number of aliphatic hydroxyl groups is 1. The van der Waals surface area contributed by atoms with Crippen LogP contribution in [0.15, 0.2) is 18.2 Å². The molecule has 0 saturated carbocycles. The van der Waals surface area contributed by atoms with Gasteiger partial charge in [-0.15, -0.1) is 0 Å². The smallest absolute Gasteiger partial charge is 0.127 e. The van der Waals surface area contributed by atoms with Crippen molar-refractivity contribution >= 4 is 0 Å². The Balaban J connectivity index is 2.09. The van der Waals surface area contributed by atoms with Crippen LogP contribution in [0.25, 0.3) is 0 Å². The van der Waals surface area contributed by atoms with E-state index in [1.54, 1.807) is 6.07 Å². The van der Waals surface area contributed by atoms with Crippen molar-refractivity contribution in [3.63, 3.8) is 0 Å². The van der Waals surface area contributed by atoms with Crippen LogP contribution in [0.4, 0.5) is 4.39 Å². The Hall–Kier alpha value is -0.970. The summed E-state index contributed by atoms with van der Waals surface area (Å²) in [5.74, 6) is -0.197. The van der Waals surface area contributed by atoms with Crippen LogP contribution in [-0.4, -0.2) is 28.7 Å². The average molecular weight is 252 g/mol. The van der Waals surface area contributed by atoms with Gasteiger partial charge in [-0.25, -0.2) is 4.39 Å². The zero-order valence-electron chi connectivity index (χ0n) is 10.8. The first kappa shape index (κ1) is 13.5. The SMILES string of the molecule is CC1(O)CCCN(Cc2cc(CN)ccc2F)C1. The summed E-state index contributed by atoms with van der Waals surface area (Å²) in [6.07, 6.45) is 1.76. The summed E-state index contributed by atoms with van der Waals surface area (Å²) < 4.78 is 13.7. The van der Waals surface area contributed by atoms with Gasteiger partial charge in [0, 0.05) is 25.2 Å². The van der Waals surface area contributed by atoms with E-state index in [0.29, 0.717) is 25.2 Å². The Morgan fingerprint density at radius 1 is 1.50 bits per heavy atom. The molecule has 1 aromatic rings. The van der Waals surface area contributed by atoms with E-state index in [1.807, 2.05) is 13.0 Å². The van der Waals surface area contributed by atoms with E-state index >= 15 is 0 Å². The molecule has 1 fully saturated rings. The lowest BCUT2D eigenvalue weighted by molar-refractivity contribution is -0.0184. The molecule has 1 atom stereocenters. The molecule has 3 N–H and O–H groups in total. The largest absolute Gasteiger partial charge is 0.389 e. The fourth-order valence-corrected chi connectivity index (χ4v) is 2.58. The predicted octanol–water partition coefficient (Wildman–Crippen LogP) is 1.63. The van der Waals surface area contributed by atoms with E-state index in [0.717, 1.165) is 24.9 Å². The minimum Gasteiger partial charge on any atom is -0.389 e. The second-order valence-corrected chi connectivity index (χ2v) is 5.44. The van der Waals surface area contributed by atoms with Gasteiger partial charge in [0.25, 0.3) is 0 Å². The molecule has 1 unspecified atom stereocenters.